The zero-order valence-electron chi connectivity index (χ0n) is 14.5. The van der Waals surface area contributed by atoms with Crippen molar-refractivity contribution in [1.82, 2.24) is 14.7 Å². The number of hydrogen-bond donors (Lipinski definition) is 0. The van der Waals surface area contributed by atoms with E-state index >= 15 is 0 Å². The maximum absolute atomic E-state index is 12.7. The number of amides is 1. The average molecular weight is 342 g/mol. The fourth-order valence-corrected chi connectivity index (χ4v) is 3.45. The molecule has 1 fully saturated rings. The Bertz CT molecular complexity index is 799. The lowest BCUT2D eigenvalue weighted by atomic mass is 9.96. The van der Waals surface area contributed by atoms with Crippen molar-refractivity contribution in [1.29, 1.82) is 0 Å². The summed E-state index contributed by atoms with van der Waals surface area (Å²) in [6, 6.07) is 6.36. The van der Waals surface area contributed by atoms with E-state index in [9.17, 15) is 14.9 Å². The number of nitrogens with zero attached hydrogens (tertiary/aromatic N) is 4. The molecule has 1 aromatic heterocycles. The van der Waals surface area contributed by atoms with Gasteiger partial charge in [0.25, 0.3) is 0 Å². The van der Waals surface area contributed by atoms with Gasteiger partial charge in [0.05, 0.1) is 11.0 Å². The van der Waals surface area contributed by atoms with Crippen LogP contribution in [0.2, 0.25) is 0 Å². The van der Waals surface area contributed by atoms with E-state index in [0.29, 0.717) is 13.0 Å². The predicted octanol–water partition coefficient (Wildman–Crippen LogP) is 3.16. The van der Waals surface area contributed by atoms with Crippen molar-refractivity contribution in [2.24, 2.45) is 0 Å². The molecular weight excluding hydrogens is 320 g/mol. The molecule has 2 aromatic rings. The minimum absolute atomic E-state index is 0.0538. The Labute approximate surface area is 146 Å². The van der Waals surface area contributed by atoms with Crippen LogP contribution in [0.25, 0.3) is 0 Å². The third kappa shape index (κ3) is 3.55. The summed E-state index contributed by atoms with van der Waals surface area (Å²) in [6.07, 6.45) is 4.83. The van der Waals surface area contributed by atoms with Gasteiger partial charge in [0.2, 0.25) is 5.91 Å². The van der Waals surface area contributed by atoms with Crippen LogP contribution in [0.15, 0.2) is 30.6 Å². The Morgan fingerprint density at radius 2 is 2.20 bits per heavy atom. The molecule has 3 rings (SSSR count). The van der Waals surface area contributed by atoms with Gasteiger partial charge < -0.3 is 4.90 Å². The molecule has 1 aliphatic heterocycles. The summed E-state index contributed by atoms with van der Waals surface area (Å²) in [5.41, 5.74) is 3.65. The highest BCUT2D eigenvalue weighted by Crippen LogP contribution is 2.34. The van der Waals surface area contributed by atoms with Crippen LogP contribution < -0.4 is 0 Å². The van der Waals surface area contributed by atoms with Gasteiger partial charge in [-0.3, -0.25) is 19.6 Å². The van der Waals surface area contributed by atoms with Crippen LogP contribution in [0.1, 0.15) is 42.0 Å². The predicted molar refractivity (Wildman–Crippen MR) is 93.1 cm³/mol. The van der Waals surface area contributed by atoms with Crippen molar-refractivity contribution in [2.45, 2.75) is 45.7 Å². The quantitative estimate of drug-likeness (QED) is 0.617. The van der Waals surface area contributed by atoms with E-state index in [-0.39, 0.29) is 17.6 Å². The number of aryl methyl sites for hydroxylation is 2. The Kier molecular flexibility index (Phi) is 4.83. The lowest BCUT2D eigenvalue weighted by molar-refractivity contribution is -0.385. The van der Waals surface area contributed by atoms with Gasteiger partial charge in [0, 0.05) is 19.5 Å². The van der Waals surface area contributed by atoms with E-state index < -0.39 is 4.92 Å². The van der Waals surface area contributed by atoms with Gasteiger partial charge in [-0.1, -0.05) is 18.2 Å². The normalized spacial score (nSPS) is 17.0. The highest BCUT2D eigenvalue weighted by Gasteiger charge is 2.30. The fraction of sp³-hybridized carbons (Fsp3) is 0.444. The van der Waals surface area contributed by atoms with Crippen molar-refractivity contribution in [2.75, 3.05) is 6.54 Å². The highest BCUT2D eigenvalue weighted by molar-refractivity contribution is 5.77. The Morgan fingerprint density at radius 3 is 2.92 bits per heavy atom. The molecule has 1 saturated heterocycles. The van der Waals surface area contributed by atoms with Crippen LogP contribution >= 0.6 is 0 Å². The van der Waals surface area contributed by atoms with Gasteiger partial charge in [0.1, 0.15) is 12.4 Å². The molecule has 132 valence electrons. The molecule has 2 heterocycles. The molecule has 0 radical (unpaired) electrons. The molecule has 0 bridgehead atoms. The average Bonchev–Trinajstić information content (AvgIpc) is 3.24. The van der Waals surface area contributed by atoms with Crippen LogP contribution in [0.5, 0.6) is 0 Å². The molecule has 1 aromatic carbocycles. The van der Waals surface area contributed by atoms with Crippen molar-refractivity contribution in [3.8, 4) is 0 Å². The number of rotatable bonds is 5. The molecular formula is C18H22N4O3. The van der Waals surface area contributed by atoms with Gasteiger partial charge in [-0.2, -0.15) is 5.10 Å². The zero-order valence-corrected chi connectivity index (χ0v) is 14.5. The van der Waals surface area contributed by atoms with E-state index in [1.807, 2.05) is 11.0 Å². The Hall–Kier alpha value is -2.70. The van der Waals surface area contributed by atoms with Gasteiger partial charge in [-0.25, -0.2) is 0 Å². The first-order chi connectivity index (χ1) is 12.0. The summed E-state index contributed by atoms with van der Waals surface area (Å²) in [5, 5.41) is 14.6. The minimum atomic E-state index is -0.484. The second kappa shape index (κ2) is 7.04. The lowest BCUT2D eigenvalue weighted by Crippen LogP contribution is -2.31. The number of carbonyl (C=O) groups is 1. The van der Waals surface area contributed by atoms with E-state index in [0.717, 1.165) is 19.4 Å². The number of benzene rings is 1. The number of likely N-dealkylation sites (tertiary alicyclic amines) is 1. The first-order valence-electron chi connectivity index (χ1n) is 8.50. The second-order valence-corrected chi connectivity index (χ2v) is 6.50. The number of aromatic nitrogens is 2. The van der Waals surface area contributed by atoms with Crippen molar-refractivity contribution >= 4 is 11.6 Å². The SMILES string of the molecule is Cc1cccc([C@@H]2CCCN2C(=O)CCn2cc([N+](=O)[O-])cn2)c1C. The molecule has 0 saturated carbocycles. The molecule has 0 N–H and O–H groups in total. The lowest BCUT2D eigenvalue weighted by Gasteiger charge is -2.27. The summed E-state index contributed by atoms with van der Waals surface area (Å²) in [6.45, 7) is 5.30. The first-order valence-corrected chi connectivity index (χ1v) is 8.50. The van der Waals surface area contributed by atoms with Crippen LogP contribution in [0.4, 0.5) is 5.69 Å². The van der Waals surface area contributed by atoms with E-state index in [2.05, 4.69) is 31.1 Å². The highest BCUT2D eigenvalue weighted by atomic mass is 16.6. The van der Waals surface area contributed by atoms with E-state index in [4.69, 9.17) is 0 Å². The molecule has 7 nitrogen and oxygen atoms in total. The summed E-state index contributed by atoms with van der Waals surface area (Å²) in [7, 11) is 0. The van der Waals surface area contributed by atoms with Crippen LogP contribution in [-0.4, -0.2) is 32.1 Å². The fourth-order valence-electron chi connectivity index (χ4n) is 3.45. The molecule has 1 amide bonds. The van der Waals surface area contributed by atoms with E-state index in [1.165, 1.54) is 33.8 Å². The van der Waals surface area contributed by atoms with Crippen LogP contribution in [0.3, 0.4) is 0 Å². The molecule has 1 aliphatic rings. The third-order valence-corrected chi connectivity index (χ3v) is 4.96. The smallest absolute Gasteiger partial charge is 0.306 e. The molecule has 1 atom stereocenters. The number of carbonyl (C=O) groups excluding carboxylic acids is 1. The molecule has 0 spiro atoms. The summed E-state index contributed by atoms with van der Waals surface area (Å²) < 4.78 is 1.46. The molecule has 0 aliphatic carbocycles. The first kappa shape index (κ1) is 17.1. The van der Waals surface area contributed by atoms with Gasteiger partial charge >= 0.3 is 5.69 Å². The van der Waals surface area contributed by atoms with Crippen molar-refractivity contribution < 1.29 is 9.72 Å². The topological polar surface area (TPSA) is 81.3 Å². The van der Waals surface area contributed by atoms with Crippen LogP contribution in [-0.2, 0) is 11.3 Å². The van der Waals surface area contributed by atoms with Crippen molar-refractivity contribution in [3.05, 3.63) is 57.4 Å². The monoisotopic (exact) mass is 342 g/mol. The Morgan fingerprint density at radius 1 is 1.40 bits per heavy atom. The standard InChI is InChI=1S/C18H22N4O3/c1-13-5-3-6-16(14(13)2)17-7-4-9-21(17)18(23)8-10-20-12-15(11-19-20)22(24)25/h3,5-6,11-12,17H,4,7-10H2,1-2H3/t17-/m0/s1. The maximum Gasteiger partial charge on any atom is 0.306 e. The van der Waals surface area contributed by atoms with Gasteiger partial charge in [-0.15, -0.1) is 0 Å². The Balaban J connectivity index is 1.68. The molecule has 7 heteroatoms. The minimum Gasteiger partial charge on any atom is -0.336 e. The summed E-state index contributed by atoms with van der Waals surface area (Å²) >= 11 is 0. The van der Waals surface area contributed by atoms with Gasteiger partial charge in [0.15, 0.2) is 0 Å². The molecule has 0 unspecified atom stereocenters. The zero-order chi connectivity index (χ0) is 18.0. The second-order valence-electron chi connectivity index (χ2n) is 6.50. The van der Waals surface area contributed by atoms with E-state index in [1.54, 1.807) is 0 Å². The third-order valence-electron chi connectivity index (χ3n) is 4.96. The number of nitro groups is 1. The van der Waals surface area contributed by atoms with Crippen molar-refractivity contribution in [3.63, 3.8) is 0 Å². The maximum atomic E-state index is 12.7. The molecule has 25 heavy (non-hydrogen) atoms. The summed E-state index contributed by atoms with van der Waals surface area (Å²) in [5.74, 6) is 0.0709. The largest absolute Gasteiger partial charge is 0.336 e. The number of hydrogen-bond acceptors (Lipinski definition) is 4. The van der Waals surface area contributed by atoms with Crippen LogP contribution in [0, 0.1) is 24.0 Å². The van der Waals surface area contributed by atoms with Gasteiger partial charge in [-0.05, 0) is 43.4 Å². The summed E-state index contributed by atoms with van der Waals surface area (Å²) in [4.78, 5) is 24.8.